The Kier molecular flexibility index (Phi) is 3.45. The van der Waals surface area contributed by atoms with Crippen molar-refractivity contribution in [2.45, 2.75) is 64.9 Å². The Bertz CT molecular complexity index is 723. The second kappa shape index (κ2) is 5.06. The van der Waals surface area contributed by atoms with E-state index in [2.05, 4.69) is 26.0 Å². The maximum Gasteiger partial charge on any atom is 0.178 e. The Balaban J connectivity index is 1.78. The molecule has 25 heavy (non-hydrogen) atoms. The summed E-state index contributed by atoms with van der Waals surface area (Å²) in [6.45, 7) is 5.91. The molecule has 0 aromatic carbocycles. The number of carbonyl (C=O) groups is 2. The highest BCUT2D eigenvalue weighted by Crippen LogP contribution is 2.66. The van der Waals surface area contributed by atoms with Gasteiger partial charge in [0.15, 0.2) is 11.6 Å². The number of fused-ring (bicyclic) bond motifs is 5. The summed E-state index contributed by atoms with van der Waals surface area (Å²) in [5.74, 6) is 1.08. The van der Waals surface area contributed by atoms with E-state index in [-0.39, 0.29) is 22.4 Å². The molecular weight excluding hydrogens is 314 g/mol. The minimum atomic E-state index is -1.19. The number of allylic oxidation sites excluding steroid dienone is 4. The predicted octanol–water partition coefficient (Wildman–Crippen LogP) is 2.90. The van der Waals surface area contributed by atoms with Crippen molar-refractivity contribution in [3.05, 3.63) is 23.4 Å². The number of carbonyl (C=O) groups excluding carboxylic acids is 2. The lowest BCUT2D eigenvalue weighted by Gasteiger charge is -2.57. The van der Waals surface area contributed by atoms with Gasteiger partial charge in [-0.15, -0.1) is 0 Å². The topological polar surface area (TPSA) is 80.4 Å². The highest BCUT2D eigenvalue weighted by molar-refractivity contribution is 5.97. The highest BCUT2D eigenvalue weighted by Gasteiger charge is 2.65. The SMILES string of the molecule is CC(=O)[C@@]1(O)CC[C@H]2[C@@H]3C=CC4=C(N)C(=O)CC[C@]4(C)[C@H]3CC[C@@]21C. The second-order valence-corrected chi connectivity index (χ2v) is 9.23. The van der Waals surface area contributed by atoms with Gasteiger partial charge in [0.2, 0.25) is 0 Å². The fourth-order valence-electron chi connectivity index (χ4n) is 6.78. The lowest BCUT2D eigenvalue weighted by Crippen LogP contribution is -2.56. The third-order valence-corrected chi connectivity index (χ3v) is 8.45. The standard InChI is InChI=1S/C21H29NO3/c1-12(23)21(25)11-7-15-13-4-5-16-18(22)17(24)8-9-19(16,2)14(13)6-10-20(15,21)3/h4-5,13-15,25H,6-11,22H2,1-3H3/t13-,14+,15+,19-,20+,21+/m1/s1. The number of ketones is 2. The Morgan fingerprint density at radius 1 is 1.20 bits per heavy atom. The molecular formula is C21H29NO3. The number of Topliss-reactive ketones (excluding diaryl/α,β-unsaturated/α-hetero) is 2. The van der Waals surface area contributed by atoms with Crippen LogP contribution in [0.2, 0.25) is 0 Å². The summed E-state index contributed by atoms with van der Waals surface area (Å²) < 4.78 is 0. The van der Waals surface area contributed by atoms with E-state index in [4.69, 9.17) is 5.73 Å². The fraction of sp³-hybridized carbons (Fsp3) is 0.714. The van der Waals surface area contributed by atoms with Gasteiger partial charge in [0.1, 0.15) is 5.60 Å². The second-order valence-electron chi connectivity index (χ2n) is 9.23. The molecule has 4 heteroatoms. The Morgan fingerprint density at radius 2 is 1.88 bits per heavy atom. The van der Waals surface area contributed by atoms with Crippen LogP contribution in [0.15, 0.2) is 23.4 Å². The molecule has 2 saturated carbocycles. The molecule has 0 bridgehead atoms. The maximum absolute atomic E-state index is 12.2. The quantitative estimate of drug-likeness (QED) is 0.767. The molecule has 0 amide bonds. The van der Waals surface area contributed by atoms with E-state index in [1.54, 1.807) is 0 Å². The fourth-order valence-corrected chi connectivity index (χ4v) is 6.78. The monoisotopic (exact) mass is 343 g/mol. The predicted molar refractivity (Wildman–Crippen MR) is 95.4 cm³/mol. The summed E-state index contributed by atoms with van der Waals surface area (Å²) in [6, 6.07) is 0. The molecule has 0 aromatic rings. The Labute approximate surface area is 149 Å². The van der Waals surface area contributed by atoms with E-state index >= 15 is 0 Å². The van der Waals surface area contributed by atoms with Gasteiger partial charge in [-0.1, -0.05) is 26.0 Å². The van der Waals surface area contributed by atoms with Crippen LogP contribution in [-0.4, -0.2) is 22.3 Å². The summed E-state index contributed by atoms with van der Waals surface area (Å²) >= 11 is 0. The molecule has 4 aliphatic rings. The number of hydrogen-bond donors (Lipinski definition) is 2. The van der Waals surface area contributed by atoms with Crippen LogP contribution < -0.4 is 5.73 Å². The van der Waals surface area contributed by atoms with E-state index in [0.29, 0.717) is 36.3 Å². The van der Waals surface area contributed by atoms with E-state index in [9.17, 15) is 14.7 Å². The molecule has 0 heterocycles. The summed E-state index contributed by atoms with van der Waals surface area (Å²) in [6.07, 6.45) is 8.97. The van der Waals surface area contributed by atoms with Crippen molar-refractivity contribution < 1.29 is 14.7 Å². The van der Waals surface area contributed by atoms with Gasteiger partial charge < -0.3 is 10.8 Å². The van der Waals surface area contributed by atoms with Crippen LogP contribution in [0.1, 0.15) is 59.3 Å². The molecule has 3 N–H and O–H groups in total. The lowest BCUT2D eigenvalue weighted by molar-refractivity contribution is -0.156. The van der Waals surface area contributed by atoms with Gasteiger partial charge in [0.25, 0.3) is 0 Å². The average Bonchev–Trinajstić information content (AvgIpc) is 2.84. The van der Waals surface area contributed by atoms with Gasteiger partial charge in [0, 0.05) is 11.8 Å². The molecule has 0 radical (unpaired) electrons. The van der Waals surface area contributed by atoms with Gasteiger partial charge in [-0.2, -0.15) is 0 Å². The van der Waals surface area contributed by atoms with Gasteiger partial charge in [0.05, 0.1) is 5.70 Å². The number of aliphatic hydroxyl groups is 1. The molecule has 0 unspecified atom stereocenters. The molecule has 6 atom stereocenters. The van der Waals surface area contributed by atoms with Crippen LogP contribution in [0.4, 0.5) is 0 Å². The van der Waals surface area contributed by atoms with Crippen LogP contribution in [0.25, 0.3) is 0 Å². The first-order valence-corrected chi connectivity index (χ1v) is 9.60. The maximum atomic E-state index is 12.2. The first-order chi connectivity index (χ1) is 11.6. The molecule has 4 aliphatic carbocycles. The van der Waals surface area contributed by atoms with Crippen molar-refractivity contribution in [3.8, 4) is 0 Å². The molecule has 0 aromatic heterocycles. The van der Waals surface area contributed by atoms with Crippen LogP contribution in [0.3, 0.4) is 0 Å². The van der Waals surface area contributed by atoms with Gasteiger partial charge in [-0.3, -0.25) is 9.59 Å². The van der Waals surface area contributed by atoms with Crippen molar-refractivity contribution in [1.82, 2.24) is 0 Å². The van der Waals surface area contributed by atoms with Crippen LogP contribution >= 0.6 is 0 Å². The molecule has 2 fully saturated rings. The molecule has 4 rings (SSSR count). The minimum Gasteiger partial charge on any atom is -0.396 e. The third kappa shape index (κ3) is 1.92. The van der Waals surface area contributed by atoms with Crippen LogP contribution in [-0.2, 0) is 9.59 Å². The molecule has 0 spiro atoms. The summed E-state index contributed by atoms with van der Waals surface area (Å²) in [5, 5.41) is 11.1. The van der Waals surface area contributed by atoms with E-state index in [1.165, 1.54) is 6.92 Å². The molecule has 0 saturated heterocycles. The smallest absolute Gasteiger partial charge is 0.178 e. The van der Waals surface area contributed by atoms with Crippen molar-refractivity contribution in [2.24, 2.45) is 34.3 Å². The first-order valence-electron chi connectivity index (χ1n) is 9.60. The van der Waals surface area contributed by atoms with Crippen LogP contribution in [0, 0.1) is 28.6 Å². The first kappa shape index (κ1) is 17.0. The van der Waals surface area contributed by atoms with Gasteiger partial charge in [-0.05, 0) is 67.8 Å². The third-order valence-electron chi connectivity index (χ3n) is 8.45. The Hall–Kier alpha value is -1.42. The Morgan fingerprint density at radius 3 is 2.56 bits per heavy atom. The number of nitrogens with two attached hydrogens (primary N) is 1. The van der Waals surface area contributed by atoms with E-state index in [1.807, 2.05) is 0 Å². The molecule has 0 aliphatic heterocycles. The van der Waals surface area contributed by atoms with Crippen LogP contribution in [0.5, 0.6) is 0 Å². The lowest BCUT2D eigenvalue weighted by atomic mass is 9.47. The average molecular weight is 343 g/mol. The van der Waals surface area contributed by atoms with Gasteiger partial charge >= 0.3 is 0 Å². The van der Waals surface area contributed by atoms with Gasteiger partial charge in [-0.25, -0.2) is 0 Å². The highest BCUT2D eigenvalue weighted by atomic mass is 16.3. The zero-order chi connectivity index (χ0) is 18.2. The van der Waals surface area contributed by atoms with Crippen molar-refractivity contribution in [3.63, 3.8) is 0 Å². The van der Waals surface area contributed by atoms with Crippen molar-refractivity contribution >= 4 is 11.6 Å². The minimum absolute atomic E-state index is 0.0599. The number of hydrogen-bond acceptors (Lipinski definition) is 4. The zero-order valence-electron chi connectivity index (χ0n) is 15.5. The molecule has 136 valence electrons. The summed E-state index contributed by atoms with van der Waals surface area (Å²) in [5.41, 5.74) is 6.02. The summed E-state index contributed by atoms with van der Waals surface area (Å²) in [4.78, 5) is 24.3. The normalized spacial score (nSPS) is 48.8. The van der Waals surface area contributed by atoms with Crippen molar-refractivity contribution in [1.29, 1.82) is 0 Å². The van der Waals surface area contributed by atoms with E-state index in [0.717, 1.165) is 31.3 Å². The summed E-state index contributed by atoms with van der Waals surface area (Å²) in [7, 11) is 0. The molecule has 4 nitrogen and oxygen atoms in total. The van der Waals surface area contributed by atoms with E-state index < -0.39 is 5.60 Å². The van der Waals surface area contributed by atoms with Crippen molar-refractivity contribution in [2.75, 3.05) is 0 Å². The number of rotatable bonds is 1. The largest absolute Gasteiger partial charge is 0.396 e. The zero-order valence-corrected chi connectivity index (χ0v) is 15.5.